The second-order valence-corrected chi connectivity index (χ2v) is 9.72. The maximum Gasteiger partial charge on any atom is 0.267 e. The molecular weight excluding hydrogens is 464 g/mol. The lowest BCUT2D eigenvalue weighted by Crippen LogP contribution is -2.20. The standard InChI is InChI=1S/C19H19ClN4O5S2/c1-9-7-10(2)16(13(8-9)11(3)22-26)21-18(25)17-14(5-6-30-17)31(27,28)24-19-15(20)12(4)23-29-19/h5-8,24,26H,1-4H3,(H,21,25)/b22-11+. The molecule has 164 valence electrons. The van der Waals surface area contributed by atoms with Gasteiger partial charge in [-0.2, -0.15) is 0 Å². The molecule has 1 amide bonds. The molecule has 0 atom stereocenters. The second kappa shape index (κ2) is 8.69. The van der Waals surface area contributed by atoms with Crippen LogP contribution in [0.1, 0.15) is 39.0 Å². The van der Waals surface area contributed by atoms with Gasteiger partial charge in [0, 0.05) is 5.56 Å². The first-order chi connectivity index (χ1) is 14.5. The van der Waals surface area contributed by atoms with Crippen molar-refractivity contribution >= 4 is 56.2 Å². The molecule has 2 aromatic heterocycles. The molecular formula is C19H19ClN4O5S2. The van der Waals surface area contributed by atoms with Gasteiger partial charge < -0.3 is 15.0 Å². The first kappa shape index (κ1) is 22.8. The average molecular weight is 483 g/mol. The molecule has 0 spiro atoms. The lowest BCUT2D eigenvalue weighted by atomic mass is 10.0. The summed E-state index contributed by atoms with van der Waals surface area (Å²) in [4.78, 5) is 12.7. The monoisotopic (exact) mass is 482 g/mol. The van der Waals surface area contributed by atoms with Crippen LogP contribution in [-0.4, -0.2) is 30.4 Å². The van der Waals surface area contributed by atoms with Crippen LogP contribution in [0.3, 0.4) is 0 Å². The Morgan fingerprint density at radius 1 is 1.29 bits per heavy atom. The molecule has 0 aliphatic heterocycles. The molecule has 2 heterocycles. The van der Waals surface area contributed by atoms with Gasteiger partial charge in [0.1, 0.15) is 20.5 Å². The van der Waals surface area contributed by atoms with Crippen LogP contribution in [0, 0.1) is 20.8 Å². The van der Waals surface area contributed by atoms with E-state index < -0.39 is 15.9 Å². The van der Waals surface area contributed by atoms with Gasteiger partial charge in [-0.15, -0.1) is 11.3 Å². The van der Waals surface area contributed by atoms with E-state index in [1.807, 2.05) is 13.0 Å². The number of aryl methyl sites for hydroxylation is 3. The molecule has 3 aromatic rings. The van der Waals surface area contributed by atoms with E-state index in [1.54, 1.807) is 26.8 Å². The fourth-order valence-corrected chi connectivity index (χ4v) is 5.41. The third-order valence-corrected chi connectivity index (χ3v) is 7.26. The Labute approximate surface area is 187 Å². The maximum absolute atomic E-state index is 13.0. The molecule has 0 radical (unpaired) electrons. The zero-order valence-corrected chi connectivity index (χ0v) is 19.4. The number of carbonyl (C=O) groups excluding carboxylic acids is 1. The molecule has 0 saturated carbocycles. The first-order valence-electron chi connectivity index (χ1n) is 8.89. The van der Waals surface area contributed by atoms with E-state index in [-0.39, 0.29) is 20.7 Å². The maximum atomic E-state index is 13.0. The van der Waals surface area contributed by atoms with Crippen molar-refractivity contribution in [3.05, 3.63) is 55.9 Å². The van der Waals surface area contributed by atoms with Crippen molar-refractivity contribution in [2.24, 2.45) is 5.16 Å². The zero-order valence-electron chi connectivity index (χ0n) is 17.0. The van der Waals surface area contributed by atoms with Crippen molar-refractivity contribution in [3.63, 3.8) is 0 Å². The number of oxime groups is 1. The van der Waals surface area contributed by atoms with Crippen LogP contribution < -0.4 is 10.0 Å². The van der Waals surface area contributed by atoms with Gasteiger partial charge in [-0.25, -0.2) is 13.1 Å². The molecule has 1 aromatic carbocycles. The third-order valence-electron chi connectivity index (χ3n) is 4.40. The Morgan fingerprint density at radius 3 is 2.61 bits per heavy atom. The first-order valence-corrected chi connectivity index (χ1v) is 11.6. The van der Waals surface area contributed by atoms with Crippen LogP contribution in [0.25, 0.3) is 0 Å². The molecule has 3 rings (SSSR count). The highest BCUT2D eigenvalue weighted by Gasteiger charge is 2.27. The van der Waals surface area contributed by atoms with Crippen molar-refractivity contribution < 1.29 is 22.9 Å². The van der Waals surface area contributed by atoms with Crippen molar-refractivity contribution in [3.8, 4) is 0 Å². The van der Waals surface area contributed by atoms with Crippen LogP contribution in [0.15, 0.2) is 38.2 Å². The van der Waals surface area contributed by atoms with Crippen molar-refractivity contribution in [2.45, 2.75) is 32.6 Å². The molecule has 0 aliphatic rings. The zero-order chi connectivity index (χ0) is 22.9. The number of nitrogens with one attached hydrogen (secondary N) is 2. The molecule has 0 fully saturated rings. The lowest BCUT2D eigenvalue weighted by Gasteiger charge is -2.15. The van der Waals surface area contributed by atoms with Gasteiger partial charge in [0.25, 0.3) is 21.8 Å². The highest BCUT2D eigenvalue weighted by molar-refractivity contribution is 7.93. The summed E-state index contributed by atoms with van der Waals surface area (Å²) in [6, 6.07) is 4.92. The number of benzene rings is 1. The highest BCUT2D eigenvalue weighted by Crippen LogP contribution is 2.31. The van der Waals surface area contributed by atoms with Crippen LogP contribution in [-0.2, 0) is 10.0 Å². The summed E-state index contributed by atoms with van der Waals surface area (Å²) < 4.78 is 32.8. The third kappa shape index (κ3) is 4.58. The molecule has 12 heteroatoms. The number of sulfonamides is 1. The number of halogens is 1. The van der Waals surface area contributed by atoms with Crippen LogP contribution >= 0.6 is 22.9 Å². The number of amides is 1. The van der Waals surface area contributed by atoms with E-state index in [1.165, 1.54) is 11.4 Å². The topological polar surface area (TPSA) is 134 Å². The summed E-state index contributed by atoms with van der Waals surface area (Å²) in [5, 5.41) is 20.3. The number of hydrogen-bond acceptors (Lipinski definition) is 8. The number of rotatable bonds is 6. The molecule has 0 saturated heterocycles. The number of anilines is 2. The summed E-state index contributed by atoms with van der Waals surface area (Å²) in [6.07, 6.45) is 0. The Hall–Kier alpha value is -2.89. The number of hydrogen-bond donors (Lipinski definition) is 3. The van der Waals surface area contributed by atoms with Gasteiger partial charge in [0.05, 0.1) is 11.4 Å². The normalized spacial score (nSPS) is 12.1. The van der Waals surface area contributed by atoms with E-state index in [0.717, 1.165) is 22.5 Å². The largest absolute Gasteiger partial charge is 0.411 e. The molecule has 31 heavy (non-hydrogen) atoms. The Balaban J connectivity index is 1.96. The Kier molecular flexibility index (Phi) is 6.39. The van der Waals surface area contributed by atoms with Crippen molar-refractivity contribution in [1.29, 1.82) is 0 Å². The van der Waals surface area contributed by atoms with Gasteiger partial charge >= 0.3 is 0 Å². The fourth-order valence-electron chi connectivity index (χ4n) is 2.92. The molecule has 0 unspecified atom stereocenters. The summed E-state index contributed by atoms with van der Waals surface area (Å²) in [5.74, 6) is -0.864. The van der Waals surface area contributed by atoms with E-state index in [2.05, 4.69) is 20.4 Å². The summed E-state index contributed by atoms with van der Waals surface area (Å²) in [5.41, 5.74) is 3.22. The predicted molar refractivity (Wildman–Crippen MR) is 119 cm³/mol. The smallest absolute Gasteiger partial charge is 0.267 e. The molecule has 0 aliphatic carbocycles. The second-order valence-electron chi connectivity index (χ2n) is 6.77. The molecule has 9 nitrogen and oxygen atoms in total. The number of nitrogens with zero attached hydrogens (tertiary/aromatic N) is 2. The Bertz CT molecular complexity index is 1290. The number of carbonyl (C=O) groups is 1. The molecule has 3 N–H and O–H groups in total. The minimum atomic E-state index is -4.18. The number of aromatic nitrogens is 1. The van der Waals surface area contributed by atoms with Gasteiger partial charge in [-0.3, -0.25) is 4.79 Å². The van der Waals surface area contributed by atoms with E-state index in [0.29, 0.717) is 22.7 Å². The van der Waals surface area contributed by atoms with Crippen molar-refractivity contribution in [2.75, 3.05) is 10.0 Å². The van der Waals surface area contributed by atoms with E-state index in [4.69, 9.17) is 16.1 Å². The van der Waals surface area contributed by atoms with Gasteiger partial charge in [0.2, 0.25) is 0 Å². The van der Waals surface area contributed by atoms with E-state index >= 15 is 0 Å². The quantitative estimate of drug-likeness (QED) is 0.268. The Morgan fingerprint density at radius 2 is 2.00 bits per heavy atom. The fraction of sp³-hybridized carbons (Fsp3) is 0.211. The minimum absolute atomic E-state index is 0.0310. The van der Waals surface area contributed by atoms with Gasteiger partial charge in [-0.05, 0) is 50.8 Å². The predicted octanol–water partition coefficient (Wildman–Crippen LogP) is 4.57. The minimum Gasteiger partial charge on any atom is -0.411 e. The lowest BCUT2D eigenvalue weighted by molar-refractivity contribution is 0.102. The van der Waals surface area contributed by atoms with Crippen molar-refractivity contribution in [1.82, 2.24) is 5.16 Å². The van der Waals surface area contributed by atoms with E-state index in [9.17, 15) is 18.4 Å². The SMILES string of the molecule is C/C(=N\O)c1cc(C)cc(C)c1NC(=O)c1sccc1S(=O)(=O)Nc1onc(C)c1Cl. The summed E-state index contributed by atoms with van der Waals surface area (Å²) in [6.45, 7) is 6.82. The van der Waals surface area contributed by atoms with Gasteiger partial charge in [-0.1, -0.05) is 33.5 Å². The highest BCUT2D eigenvalue weighted by atomic mass is 35.5. The van der Waals surface area contributed by atoms with Crippen LogP contribution in [0.4, 0.5) is 11.6 Å². The average Bonchev–Trinajstić information content (AvgIpc) is 3.32. The molecule has 0 bridgehead atoms. The van der Waals surface area contributed by atoms with Crippen LogP contribution in [0.5, 0.6) is 0 Å². The van der Waals surface area contributed by atoms with Crippen LogP contribution in [0.2, 0.25) is 5.02 Å². The van der Waals surface area contributed by atoms with Gasteiger partial charge in [0.15, 0.2) is 0 Å². The summed E-state index contributed by atoms with van der Waals surface area (Å²) >= 11 is 6.95. The number of thiophene rings is 1. The summed E-state index contributed by atoms with van der Waals surface area (Å²) in [7, 11) is -4.18.